The van der Waals surface area contributed by atoms with E-state index < -0.39 is 0 Å². The van der Waals surface area contributed by atoms with E-state index in [4.69, 9.17) is 27.9 Å². The van der Waals surface area contributed by atoms with E-state index in [0.717, 1.165) is 5.56 Å². The summed E-state index contributed by atoms with van der Waals surface area (Å²) in [6.45, 7) is 0.532. The monoisotopic (exact) mass is 284 g/mol. The number of aromatic nitrogens is 3. The Morgan fingerprint density at radius 3 is 2.78 bits per heavy atom. The zero-order chi connectivity index (χ0) is 13.0. The number of nitrogens with zero attached hydrogens (tertiary/aromatic N) is 3. The van der Waals surface area contributed by atoms with Gasteiger partial charge in [-0.25, -0.2) is 0 Å². The number of hydrogen-bond donors (Lipinski definition) is 1. The summed E-state index contributed by atoms with van der Waals surface area (Å²) in [5.74, 6) is 0.354. The second-order valence-corrected chi connectivity index (χ2v) is 4.17. The molecule has 1 heterocycles. The molecule has 94 valence electrons. The molecule has 0 amide bonds. The van der Waals surface area contributed by atoms with Crippen LogP contribution >= 0.6 is 23.2 Å². The molecule has 1 aromatic carbocycles. The van der Waals surface area contributed by atoms with Gasteiger partial charge in [0.1, 0.15) is 0 Å². The number of anilines is 1. The second kappa shape index (κ2) is 5.84. The molecule has 0 aliphatic rings. The molecule has 0 atom stereocenters. The molecule has 0 saturated carbocycles. The normalized spacial score (nSPS) is 10.2. The maximum Gasteiger partial charge on any atom is 0.322 e. The highest BCUT2D eigenvalue weighted by Gasteiger charge is 2.04. The molecule has 2 aromatic rings. The first kappa shape index (κ1) is 12.9. The van der Waals surface area contributed by atoms with Crippen LogP contribution < -0.4 is 10.1 Å². The number of benzene rings is 1. The lowest BCUT2D eigenvalue weighted by Crippen LogP contribution is -2.06. The Hall–Kier alpha value is -1.59. The molecule has 5 nitrogen and oxygen atoms in total. The van der Waals surface area contributed by atoms with Crippen molar-refractivity contribution in [1.82, 2.24) is 15.0 Å². The molecule has 2 rings (SSSR count). The molecular formula is C11H10Cl2N4O. The number of rotatable bonds is 4. The van der Waals surface area contributed by atoms with E-state index in [1.54, 1.807) is 0 Å². The summed E-state index contributed by atoms with van der Waals surface area (Å²) in [5, 5.41) is 3.78. The number of nitrogens with one attached hydrogen (secondary N) is 1. The second-order valence-electron chi connectivity index (χ2n) is 3.40. The maximum absolute atomic E-state index is 5.89. The SMILES string of the molecule is COc1nc(Cl)nc(NCc2cccc(Cl)c2)n1. The fraction of sp³-hybridized carbons (Fsp3) is 0.182. The molecule has 7 heteroatoms. The van der Waals surface area contributed by atoms with Crippen LogP contribution in [0.5, 0.6) is 6.01 Å². The van der Waals surface area contributed by atoms with Crippen LogP contribution in [0.1, 0.15) is 5.56 Å². The zero-order valence-electron chi connectivity index (χ0n) is 9.52. The minimum Gasteiger partial charge on any atom is -0.467 e. The molecular weight excluding hydrogens is 275 g/mol. The number of hydrogen-bond acceptors (Lipinski definition) is 5. The lowest BCUT2D eigenvalue weighted by Gasteiger charge is -2.06. The van der Waals surface area contributed by atoms with Gasteiger partial charge < -0.3 is 10.1 Å². The Labute approximate surface area is 114 Å². The van der Waals surface area contributed by atoms with Crippen molar-refractivity contribution in [2.45, 2.75) is 6.54 Å². The van der Waals surface area contributed by atoms with Crippen molar-refractivity contribution in [2.24, 2.45) is 0 Å². The zero-order valence-corrected chi connectivity index (χ0v) is 11.0. The van der Waals surface area contributed by atoms with Crippen LogP contribution in [0.4, 0.5) is 5.95 Å². The number of methoxy groups -OCH3 is 1. The van der Waals surface area contributed by atoms with Crippen LogP contribution in [0.3, 0.4) is 0 Å². The van der Waals surface area contributed by atoms with E-state index in [-0.39, 0.29) is 11.3 Å². The van der Waals surface area contributed by atoms with Crippen LogP contribution in [0.15, 0.2) is 24.3 Å². The van der Waals surface area contributed by atoms with Gasteiger partial charge in [-0.2, -0.15) is 15.0 Å². The van der Waals surface area contributed by atoms with E-state index in [0.29, 0.717) is 17.5 Å². The van der Waals surface area contributed by atoms with Gasteiger partial charge in [0.2, 0.25) is 11.2 Å². The molecule has 1 N–H and O–H groups in total. The van der Waals surface area contributed by atoms with Crippen molar-refractivity contribution in [3.05, 3.63) is 40.1 Å². The molecule has 0 aliphatic heterocycles. The summed E-state index contributed by atoms with van der Waals surface area (Å²) >= 11 is 11.6. The average molecular weight is 285 g/mol. The minimum absolute atomic E-state index is 0.0791. The van der Waals surface area contributed by atoms with Crippen molar-refractivity contribution in [1.29, 1.82) is 0 Å². The minimum atomic E-state index is 0.0791. The highest BCUT2D eigenvalue weighted by atomic mass is 35.5. The van der Waals surface area contributed by atoms with Gasteiger partial charge in [0.05, 0.1) is 7.11 Å². The highest BCUT2D eigenvalue weighted by Crippen LogP contribution is 2.14. The van der Waals surface area contributed by atoms with Crippen LogP contribution in [-0.4, -0.2) is 22.1 Å². The third-order valence-corrected chi connectivity index (χ3v) is 2.51. The topological polar surface area (TPSA) is 59.9 Å². The molecule has 0 fully saturated rings. The van der Waals surface area contributed by atoms with Gasteiger partial charge in [-0.05, 0) is 29.3 Å². The van der Waals surface area contributed by atoms with E-state index in [1.807, 2.05) is 24.3 Å². The van der Waals surface area contributed by atoms with Gasteiger partial charge in [0.25, 0.3) is 0 Å². The number of halogens is 2. The predicted molar refractivity (Wildman–Crippen MR) is 70.2 cm³/mol. The van der Waals surface area contributed by atoms with Crippen LogP contribution in [0.25, 0.3) is 0 Å². The lowest BCUT2D eigenvalue weighted by molar-refractivity contribution is 0.379. The molecule has 0 aliphatic carbocycles. The molecule has 0 bridgehead atoms. The Bertz CT molecular complexity index is 550. The van der Waals surface area contributed by atoms with E-state index in [2.05, 4.69) is 20.3 Å². The molecule has 0 unspecified atom stereocenters. The largest absolute Gasteiger partial charge is 0.467 e. The quantitative estimate of drug-likeness (QED) is 0.936. The summed E-state index contributed by atoms with van der Waals surface area (Å²) in [4.78, 5) is 11.7. The molecule has 18 heavy (non-hydrogen) atoms. The third kappa shape index (κ3) is 3.45. The first-order chi connectivity index (χ1) is 8.67. The number of ether oxygens (including phenoxy) is 1. The van der Waals surface area contributed by atoms with Crippen molar-refractivity contribution in [3.8, 4) is 6.01 Å². The molecule has 1 aromatic heterocycles. The summed E-state index contributed by atoms with van der Waals surface area (Å²) in [5.41, 5.74) is 1.01. The Morgan fingerprint density at radius 1 is 1.22 bits per heavy atom. The smallest absolute Gasteiger partial charge is 0.322 e. The van der Waals surface area contributed by atoms with Crippen molar-refractivity contribution >= 4 is 29.2 Å². The van der Waals surface area contributed by atoms with Gasteiger partial charge in [-0.15, -0.1) is 0 Å². The average Bonchev–Trinajstić information content (AvgIpc) is 2.36. The highest BCUT2D eigenvalue weighted by molar-refractivity contribution is 6.30. The van der Waals surface area contributed by atoms with Gasteiger partial charge in [-0.1, -0.05) is 23.7 Å². The van der Waals surface area contributed by atoms with E-state index in [9.17, 15) is 0 Å². The Balaban J connectivity index is 2.08. The van der Waals surface area contributed by atoms with Gasteiger partial charge in [-0.3, -0.25) is 0 Å². The van der Waals surface area contributed by atoms with Crippen LogP contribution in [0, 0.1) is 0 Å². The third-order valence-electron chi connectivity index (χ3n) is 2.11. The standard InChI is InChI=1S/C11H10Cl2N4O/c1-18-11-16-9(13)15-10(17-11)14-6-7-3-2-4-8(12)5-7/h2-5H,6H2,1H3,(H,14,15,16,17). The summed E-state index contributed by atoms with van der Waals surface area (Å²) in [7, 11) is 1.46. The fourth-order valence-electron chi connectivity index (χ4n) is 1.33. The summed E-state index contributed by atoms with van der Waals surface area (Å²) in [6, 6.07) is 7.66. The maximum atomic E-state index is 5.89. The van der Waals surface area contributed by atoms with Crippen molar-refractivity contribution in [3.63, 3.8) is 0 Å². The first-order valence-corrected chi connectivity index (χ1v) is 5.87. The molecule has 0 spiro atoms. The Kier molecular flexibility index (Phi) is 4.17. The van der Waals surface area contributed by atoms with Gasteiger partial charge in [0, 0.05) is 11.6 Å². The van der Waals surface area contributed by atoms with Crippen molar-refractivity contribution in [2.75, 3.05) is 12.4 Å². The van der Waals surface area contributed by atoms with E-state index >= 15 is 0 Å². The fourth-order valence-corrected chi connectivity index (χ4v) is 1.70. The summed E-state index contributed by atoms with van der Waals surface area (Å²) in [6.07, 6.45) is 0. The van der Waals surface area contributed by atoms with Crippen LogP contribution in [0.2, 0.25) is 10.3 Å². The molecule has 0 radical (unpaired) electrons. The summed E-state index contributed by atoms with van der Waals surface area (Å²) < 4.78 is 4.90. The van der Waals surface area contributed by atoms with Gasteiger partial charge >= 0.3 is 6.01 Å². The predicted octanol–water partition coefficient (Wildman–Crippen LogP) is 2.80. The molecule has 0 saturated heterocycles. The van der Waals surface area contributed by atoms with Crippen molar-refractivity contribution < 1.29 is 4.74 Å². The first-order valence-electron chi connectivity index (χ1n) is 5.11. The lowest BCUT2D eigenvalue weighted by atomic mass is 10.2. The van der Waals surface area contributed by atoms with Crippen LogP contribution in [-0.2, 0) is 6.54 Å². The Morgan fingerprint density at radius 2 is 2.06 bits per heavy atom. The van der Waals surface area contributed by atoms with Gasteiger partial charge in [0.15, 0.2) is 0 Å². The van der Waals surface area contributed by atoms with E-state index in [1.165, 1.54) is 7.11 Å².